The van der Waals surface area contributed by atoms with Crippen molar-refractivity contribution in [2.45, 2.75) is 12.8 Å². The number of rotatable bonds is 6. The molecule has 1 heterocycles. The summed E-state index contributed by atoms with van der Waals surface area (Å²) in [5, 5.41) is 2.09. The van der Waals surface area contributed by atoms with E-state index < -0.39 is 0 Å². The maximum atomic E-state index is 13.3. The molecule has 2 aromatic rings. The zero-order valence-electron chi connectivity index (χ0n) is 11.1. The molecule has 0 unspecified atom stereocenters. The molecule has 2 rings (SSSR count). The molecular weight excluding hydrogens is 259 g/mol. The second-order valence-corrected chi connectivity index (χ2v) is 5.59. The summed E-state index contributed by atoms with van der Waals surface area (Å²) < 4.78 is 13.3. The highest BCUT2D eigenvalue weighted by atomic mass is 32.1. The summed E-state index contributed by atoms with van der Waals surface area (Å²) in [6.45, 7) is 1.46. The lowest BCUT2D eigenvalue weighted by Crippen LogP contribution is -2.22. The molecule has 0 spiro atoms. The van der Waals surface area contributed by atoms with Crippen LogP contribution >= 0.6 is 11.3 Å². The Hall–Kier alpha value is -1.39. The van der Waals surface area contributed by atoms with E-state index in [9.17, 15) is 4.39 Å². The van der Waals surface area contributed by atoms with E-state index in [-0.39, 0.29) is 5.82 Å². The maximum Gasteiger partial charge on any atom is 0.123 e. The van der Waals surface area contributed by atoms with E-state index in [0.717, 1.165) is 24.2 Å². The van der Waals surface area contributed by atoms with Crippen LogP contribution in [0.1, 0.15) is 10.4 Å². The zero-order chi connectivity index (χ0) is 13.7. The van der Waals surface area contributed by atoms with Gasteiger partial charge < -0.3 is 10.6 Å². The zero-order valence-corrected chi connectivity index (χ0v) is 11.9. The molecule has 0 bridgehead atoms. The van der Waals surface area contributed by atoms with Gasteiger partial charge in [-0.3, -0.25) is 0 Å². The fraction of sp³-hybridized carbons (Fsp3) is 0.333. The lowest BCUT2D eigenvalue weighted by molar-refractivity contribution is 0.625. The van der Waals surface area contributed by atoms with Gasteiger partial charge in [-0.25, -0.2) is 4.39 Å². The standard InChI is InChI=1S/C15H19FN2S/c1-18(9-7-14-3-2-10-19-14)15-5-4-13(16)11-12(15)6-8-17/h2-5,10-11H,6-9,17H2,1H3. The van der Waals surface area contributed by atoms with E-state index in [4.69, 9.17) is 5.73 Å². The fourth-order valence-corrected chi connectivity index (χ4v) is 2.83. The molecule has 0 radical (unpaired) electrons. The summed E-state index contributed by atoms with van der Waals surface area (Å²) in [6.07, 6.45) is 1.71. The van der Waals surface area contributed by atoms with Gasteiger partial charge in [0, 0.05) is 24.2 Å². The van der Waals surface area contributed by atoms with Crippen LogP contribution in [-0.2, 0) is 12.8 Å². The molecule has 0 aliphatic carbocycles. The Balaban J connectivity index is 2.07. The van der Waals surface area contributed by atoms with Crippen molar-refractivity contribution in [3.05, 3.63) is 52.0 Å². The van der Waals surface area contributed by atoms with Crippen LogP contribution in [0.25, 0.3) is 0 Å². The van der Waals surface area contributed by atoms with E-state index in [1.807, 2.05) is 13.1 Å². The first-order chi connectivity index (χ1) is 9.20. The summed E-state index contributed by atoms with van der Waals surface area (Å²) in [7, 11) is 2.04. The number of nitrogens with two attached hydrogens (primary N) is 1. The molecule has 4 heteroatoms. The van der Waals surface area contributed by atoms with Crippen LogP contribution in [0.4, 0.5) is 10.1 Å². The molecular formula is C15H19FN2S. The Bertz CT molecular complexity index is 511. The van der Waals surface area contributed by atoms with E-state index in [1.165, 1.54) is 10.9 Å². The number of likely N-dealkylation sites (N-methyl/N-ethyl adjacent to an activating group) is 1. The van der Waals surface area contributed by atoms with Gasteiger partial charge in [-0.05, 0) is 54.6 Å². The number of benzene rings is 1. The van der Waals surface area contributed by atoms with Crippen molar-refractivity contribution in [2.75, 3.05) is 25.0 Å². The van der Waals surface area contributed by atoms with Gasteiger partial charge in [-0.1, -0.05) is 6.07 Å². The van der Waals surface area contributed by atoms with Gasteiger partial charge in [0.05, 0.1) is 0 Å². The largest absolute Gasteiger partial charge is 0.374 e. The third kappa shape index (κ3) is 3.78. The Morgan fingerprint density at radius 1 is 1.26 bits per heavy atom. The molecule has 0 atom stereocenters. The van der Waals surface area contributed by atoms with Gasteiger partial charge in [0.15, 0.2) is 0 Å². The average molecular weight is 278 g/mol. The van der Waals surface area contributed by atoms with Crippen molar-refractivity contribution in [3.8, 4) is 0 Å². The molecule has 1 aromatic heterocycles. The third-order valence-corrected chi connectivity index (χ3v) is 4.08. The molecule has 0 amide bonds. The van der Waals surface area contributed by atoms with Crippen molar-refractivity contribution in [1.82, 2.24) is 0 Å². The first kappa shape index (κ1) is 14.0. The van der Waals surface area contributed by atoms with Crippen molar-refractivity contribution < 1.29 is 4.39 Å². The monoisotopic (exact) mass is 278 g/mol. The number of anilines is 1. The van der Waals surface area contributed by atoms with Crippen molar-refractivity contribution in [1.29, 1.82) is 0 Å². The van der Waals surface area contributed by atoms with Gasteiger partial charge in [0.25, 0.3) is 0 Å². The molecule has 0 aliphatic rings. The van der Waals surface area contributed by atoms with Gasteiger partial charge in [-0.2, -0.15) is 0 Å². The van der Waals surface area contributed by atoms with Crippen molar-refractivity contribution in [2.24, 2.45) is 5.73 Å². The quantitative estimate of drug-likeness (QED) is 0.880. The normalized spacial score (nSPS) is 10.7. The highest BCUT2D eigenvalue weighted by molar-refractivity contribution is 7.09. The number of hydrogen-bond donors (Lipinski definition) is 1. The number of halogens is 1. The van der Waals surface area contributed by atoms with Crippen LogP contribution in [0.3, 0.4) is 0 Å². The lowest BCUT2D eigenvalue weighted by Gasteiger charge is -2.22. The van der Waals surface area contributed by atoms with E-state index in [1.54, 1.807) is 17.4 Å². The molecule has 2 nitrogen and oxygen atoms in total. The first-order valence-corrected chi connectivity index (χ1v) is 7.30. The Labute approximate surface area is 117 Å². The summed E-state index contributed by atoms with van der Waals surface area (Å²) in [5.41, 5.74) is 7.65. The van der Waals surface area contributed by atoms with Crippen LogP contribution in [0.2, 0.25) is 0 Å². The molecule has 0 aliphatic heterocycles. The SMILES string of the molecule is CN(CCc1cccs1)c1ccc(F)cc1CCN. The van der Waals surface area contributed by atoms with Crippen molar-refractivity contribution in [3.63, 3.8) is 0 Å². The molecule has 2 N–H and O–H groups in total. The average Bonchev–Trinajstić information content (AvgIpc) is 2.90. The van der Waals surface area contributed by atoms with Gasteiger partial charge in [0.1, 0.15) is 5.82 Å². The maximum absolute atomic E-state index is 13.3. The van der Waals surface area contributed by atoms with Gasteiger partial charge >= 0.3 is 0 Å². The second kappa shape index (κ2) is 6.68. The molecule has 0 fully saturated rings. The third-order valence-electron chi connectivity index (χ3n) is 3.14. The minimum atomic E-state index is -0.196. The topological polar surface area (TPSA) is 29.3 Å². The van der Waals surface area contributed by atoms with Crippen LogP contribution < -0.4 is 10.6 Å². The predicted molar refractivity (Wildman–Crippen MR) is 80.5 cm³/mol. The van der Waals surface area contributed by atoms with E-state index in [0.29, 0.717) is 13.0 Å². The summed E-state index contributed by atoms with van der Waals surface area (Å²) >= 11 is 1.77. The molecule has 19 heavy (non-hydrogen) atoms. The first-order valence-electron chi connectivity index (χ1n) is 6.42. The molecule has 1 aromatic carbocycles. The number of nitrogens with zero attached hydrogens (tertiary/aromatic N) is 1. The summed E-state index contributed by atoms with van der Waals surface area (Å²) in [6, 6.07) is 9.15. The van der Waals surface area contributed by atoms with Crippen LogP contribution in [-0.4, -0.2) is 20.1 Å². The second-order valence-electron chi connectivity index (χ2n) is 4.56. The lowest BCUT2D eigenvalue weighted by atomic mass is 10.1. The van der Waals surface area contributed by atoms with Crippen LogP contribution in [0, 0.1) is 5.82 Å². The Morgan fingerprint density at radius 2 is 2.11 bits per heavy atom. The minimum Gasteiger partial charge on any atom is -0.374 e. The molecule has 0 saturated carbocycles. The highest BCUT2D eigenvalue weighted by Crippen LogP contribution is 2.22. The minimum absolute atomic E-state index is 0.196. The summed E-state index contributed by atoms with van der Waals surface area (Å²) in [5.74, 6) is -0.196. The molecule has 102 valence electrons. The smallest absolute Gasteiger partial charge is 0.123 e. The Morgan fingerprint density at radius 3 is 2.79 bits per heavy atom. The fourth-order valence-electron chi connectivity index (χ4n) is 2.14. The predicted octanol–water partition coefficient (Wildman–Crippen LogP) is 3.07. The highest BCUT2D eigenvalue weighted by Gasteiger charge is 2.08. The number of hydrogen-bond acceptors (Lipinski definition) is 3. The van der Waals surface area contributed by atoms with Crippen molar-refractivity contribution >= 4 is 17.0 Å². The van der Waals surface area contributed by atoms with Gasteiger partial charge in [0.2, 0.25) is 0 Å². The molecule has 0 saturated heterocycles. The Kier molecular flexibility index (Phi) is 4.93. The van der Waals surface area contributed by atoms with E-state index >= 15 is 0 Å². The summed E-state index contributed by atoms with van der Waals surface area (Å²) in [4.78, 5) is 3.54. The number of thiophene rings is 1. The van der Waals surface area contributed by atoms with Crippen LogP contribution in [0.5, 0.6) is 0 Å². The van der Waals surface area contributed by atoms with Gasteiger partial charge in [-0.15, -0.1) is 11.3 Å². The van der Waals surface area contributed by atoms with Crippen LogP contribution in [0.15, 0.2) is 35.7 Å². The van der Waals surface area contributed by atoms with E-state index in [2.05, 4.69) is 22.4 Å².